The maximum atomic E-state index is 12.6. The lowest BCUT2D eigenvalue weighted by Crippen LogP contribution is -2.34. The summed E-state index contributed by atoms with van der Waals surface area (Å²) >= 11 is 0. The van der Waals surface area contributed by atoms with Gasteiger partial charge in [0.2, 0.25) is 5.71 Å². The fourth-order valence-electron chi connectivity index (χ4n) is 2.59. The molecule has 0 spiro atoms. The van der Waals surface area contributed by atoms with E-state index in [0.717, 1.165) is 0 Å². The van der Waals surface area contributed by atoms with Gasteiger partial charge in [0.15, 0.2) is 0 Å². The maximum absolute atomic E-state index is 12.6. The van der Waals surface area contributed by atoms with Crippen LogP contribution < -0.4 is 5.56 Å². The minimum Gasteiger partial charge on any atom is -0.442 e. The summed E-state index contributed by atoms with van der Waals surface area (Å²) in [6.07, 6.45) is 1.75. The number of hydrogen-bond donors (Lipinski definition) is 2. The van der Waals surface area contributed by atoms with E-state index < -0.39 is 11.2 Å². The van der Waals surface area contributed by atoms with Crippen molar-refractivity contribution < 1.29 is 14.3 Å². The molecule has 0 radical (unpaired) electrons. The Kier molecular flexibility index (Phi) is 2.68. The molecule has 20 heavy (non-hydrogen) atoms. The molecule has 0 bridgehead atoms. The van der Waals surface area contributed by atoms with E-state index in [2.05, 4.69) is 9.97 Å². The van der Waals surface area contributed by atoms with Crippen LogP contribution >= 0.6 is 0 Å². The van der Waals surface area contributed by atoms with E-state index in [0.29, 0.717) is 18.7 Å². The highest BCUT2D eigenvalue weighted by atomic mass is 16.3. The first-order chi connectivity index (χ1) is 9.39. The van der Waals surface area contributed by atoms with Crippen LogP contribution in [0.1, 0.15) is 29.5 Å². The number of nitrogens with one attached hydrogen (secondary N) is 1. The number of aromatic amines is 1. The lowest BCUT2D eigenvalue weighted by atomic mass is 10.1. The summed E-state index contributed by atoms with van der Waals surface area (Å²) in [5.41, 5.74) is -0.901. The van der Waals surface area contributed by atoms with Crippen LogP contribution in [-0.2, 0) is 0 Å². The summed E-state index contributed by atoms with van der Waals surface area (Å²) in [7, 11) is 0. The summed E-state index contributed by atoms with van der Waals surface area (Å²) in [6, 6.07) is 0. The highest BCUT2D eigenvalue weighted by Gasteiger charge is 2.36. The number of carbonyl (C=O) groups excluding carboxylic acids is 1. The second-order valence-corrected chi connectivity index (χ2v) is 5.42. The zero-order chi connectivity index (χ0) is 14.5. The molecule has 7 heteroatoms. The number of likely N-dealkylation sites (tertiary alicyclic amines) is 1. The zero-order valence-corrected chi connectivity index (χ0v) is 11.3. The molecule has 1 atom stereocenters. The van der Waals surface area contributed by atoms with E-state index in [9.17, 15) is 14.7 Å². The first-order valence-corrected chi connectivity index (χ1v) is 6.37. The van der Waals surface area contributed by atoms with Crippen molar-refractivity contribution in [3.63, 3.8) is 0 Å². The third-order valence-electron chi connectivity index (χ3n) is 3.62. The number of rotatable bonds is 1. The lowest BCUT2D eigenvalue weighted by molar-refractivity contribution is 0.0572. The van der Waals surface area contributed by atoms with E-state index in [1.54, 1.807) is 13.8 Å². The molecule has 1 fully saturated rings. The van der Waals surface area contributed by atoms with Gasteiger partial charge in [0.25, 0.3) is 11.5 Å². The number of hydrogen-bond acceptors (Lipinski definition) is 5. The van der Waals surface area contributed by atoms with Crippen LogP contribution in [0.5, 0.6) is 0 Å². The van der Waals surface area contributed by atoms with Gasteiger partial charge in [-0.15, -0.1) is 0 Å². The minimum atomic E-state index is -0.881. The number of amides is 1. The fourth-order valence-corrected chi connectivity index (χ4v) is 2.59. The molecule has 106 valence electrons. The molecule has 1 aliphatic rings. The van der Waals surface area contributed by atoms with Crippen LogP contribution in [0.15, 0.2) is 15.5 Å². The van der Waals surface area contributed by atoms with Gasteiger partial charge in [0, 0.05) is 13.1 Å². The van der Waals surface area contributed by atoms with Gasteiger partial charge < -0.3 is 19.4 Å². The summed E-state index contributed by atoms with van der Waals surface area (Å²) in [6.45, 7) is 4.02. The summed E-state index contributed by atoms with van der Waals surface area (Å²) in [5.74, 6) is 0.0540. The van der Waals surface area contributed by atoms with E-state index in [1.807, 2.05) is 0 Å². The van der Waals surface area contributed by atoms with Crippen molar-refractivity contribution in [1.29, 1.82) is 0 Å². The molecule has 3 heterocycles. The Bertz CT molecular complexity index is 744. The second-order valence-electron chi connectivity index (χ2n) is 5.42. The van der Waals surface area contributed by atoms with Crippen LogP contribution in [0.2, 0.25) is 0 Å². The predicted molar refractivity (Wildman–Crippen MR) is 70.5 cm³/mol. The van der Waals surface area contributed by atoms with Crippen LogP contribution in [0, 0.1) is 6.92 Å². The molecule has 1 amide bonds. The van der Waals surface area contributed by atoms with Crippen molar-refractivity contribution in [2.45, 2.75) is 25.9 Å². The molecule has 1 aliphatic heterocycles. The van der Waals surface area contributed by atoms with Crippen molar-refractivity contribution in [3.05, 3.63) is 28.0 Å². The Morgan fingerprint density at radius 3 is 3.00 bits per heavy atom. The van der Waals surface area contributed by atoms with Crippen LogP contribution in [0.3, 0.4) is 0 Å². The average Bonchev–Trinajstić information content (AvgIpc) is 2.89. The van der Waals surface area contributed by atoms with Crippen molar-refractivity contribution in [1.82, 2.24) is 14.9 Å². The highest BCUT2D eigenvalue weighted by molar-refractivity contribution is 6.06. The molecule has 3 rings (SSSR count). The Balaban J connectivity index is 2.09. The monoisotopic (exact) mass is 277 g/mol. The smallest absolute Gasteiger partial charge is 0.262 e. The molecular formula is C13H15N3O4. The van der Waals surface area contributed by atoms with Gasteiger partial charge in [-0.25, -0.2) is 4.98 Å². The topological polar surface area (TPSA) is 99.4 Å². The number of aryl methyl sites for hydroxylation is 1. The molecule has 0 saturated carbocycles. The van der Waals surface area contributed by atoms with E-state index >= 15 is 0 Å². The second kappa shape index (κ2) is 4.17. The quantitative estimate of drug-likeness (QED) is 0.787. The number of H-pyrrole nitrogens is 1. The van der Waals surface area contributed by atoms with Crippen LogP contribution in [-0.4, -0.2) is 44.6 Å². The SMILES string of the molecule is Cc1oc2nc[nH]c(=O)c2c1C(=O)N1CCC(C)(O)C1. The normalized spacial score (nSPS) is 22.6. The van der Waals surface area contributed by atoms with E-state index in [-0.39, 0.29) is 29.1 Å². The molecule has 1 unspecified atom stereocenters. The van der Waals surface area contributed by atoms with Gasteiger partial charge in [-0.05, 0) is 20.3 Å². The first kappa shape index (κ1) is 12.9. The largest absolute Gasteiger partial charge is 0.442 e. The number of aromatic nitrogens is 2. The van der Waals surface area contributed by atoms with Gasteiger partial charge >= 0.3 is 0 Å². The van der Waals surface area contributed by atoms with Gasteiger partial charge in [-0.2, -0.15) is 0 Å². The minimum absolute atomic E-state index is 0.153. The molecule has 0 aliphatic carbocycles. The van der Waals surface area contributed by atoms with Gasteiger partial charge in [-0.3, -0.25) is 9.59 Å². The molecular weight excluding hydrogens is 262 g/mol. The van der Waals surface area contributed by atoms with Gasteiger partial charge in [0.1, 0.15) is 11.1 Å². The van der Waals surface area contributed by atoms with Crippen LogP contribution in [0.4, 0.5) is 0 Å². The molecule has 7 nitrogen and oxygen atoms in total. The van der Waals surface area contributed by atoms with Crippen molar-refractivity contribution in [2.24, 2.45) is 0 Å². The molecule has 2 aromatic rings. The van der Waals surface area contributed by atoms with Crippen molar-refractivity contribution in [2.75, 3.05) is 13.1 Å². The van der Waals surface area contributed by atoms with E-state index in [4.69, 9.17) is 4.42 Å². The Morgan fingerprint density at radius 1 is 1.60 bits per heavy atom. The van der Waals surface area contributed by atoms with Crippen molar-refractivity contribution >= 4 is 17.0 Å². The van der Waals surface area contributed by atoms with Gasteiger partial charge in [0.05, 0.1) is 17.5 Å². The van der Waals surface area contributed by atoms with E-state index in [1.165, 1.54) is 11.2 Å². The predicted octanol–water partition coefficient (Wildman–Crippen LogP) is 0.421. The third kappa shape index (κ3) is 1.90. The molecule has 2 aromatic heterocycles. The van der Waals surface area contributed by atoms with Crippen LogP contribution in [0.25, 0.3) is 11.1 Å². The zero-order valence-electron chi connectivity index (χ0n) is 11.3. The number of fused-ring (bicyclic) bond motifs is 1. The van der Waals surface area contributed by atoms with Gasteiger partial charge in [-0.1, -0.05) is 0 Å². The van der Waals surface area contributed by atoms with Crippen molar-refractivity contribution in [3.8, 4) is 0 Å². The molecule has 2 N–H and O–H groups in total. The Hall–Kier alpha value is -2.15. The fraction of sp³-hybridized carbons (Fsp3) is 0.462. The number of β-amino-alcohol motifs (C(OH)–C–C–N with tert-alkyl or cyclic N) is 1. The Labute approximate surface area is 114 Å². The summed E-state index contributed by atoms with van der Waals surface area (Å²) in [5, 5.41) is 10.1. The molecule has 0 aromatic carbocycles. The number of furan rings is 1. The first-order valence-electron chi connectivity index (χ1n) is 6.37. The number of carbonyl (C=O) groups is 1. The Morgan fingerprint density at radius 2 is 2.35 bits per heavy atom. The molecule has 1 saturated heterocycles. The highest BCUT2D eigenvalue weighted by Crippen LogP contribution is 2.26. The average molecular weight is 277 g/mol. The summed E-state index contributed by atoms with van der Waals surface area (Å²) in [4.78, 5) is 32.3. The number of nitrogens with zero attached hydrogens (tertiary/aromatic N) is 2. The third-order valence-corrected chi connectivity index (χ3v) is 3.62. The number of aliphatic hydroxyl groups is 1. The standard InChI is InChI=1S/C13H15N3O4/c1-7-8(9-10(17)14-6-15-11(9)20-7)12(18)16-4-3-13(2,19)5-16/h6,19H,3-5H2,1-2H3,(H,14,15,17). The summed E-state index contributed by atoms with van der Waals surface area (Å²) < 4.78 is 5.37. The lowest BCUT2D eigenvalue weighted by Gasteiger charge is -2.18. The maximum Gasteiger partial charge on any atom is 0.262 e.